The number of hydrogen-bond donors (Lipinski definition) is 3. The number of nitrogens with one attached hydrogen (secondary N) is 2. The first-order valence-corrected chi connectivity index (χ1v) is 11.9. The summed E-state index contributed by atoms with van der Waals surface area (Å²) in [6, 6.07) is 14.8. The molecule has 0 amide bonds. The molecule has 0 aliphatic rings. The van der Waals surface area contributed by atoms with Crippen molar-refractivity contribution in [2.45, 2.75) is 43.4 Å². The van der Waals surface area contributed by atoms with Crippen LogP contribution in [0.3, 0.4) is 0 Å². The lowest BCUT2D eigenvalue weighted by atomic mass is 9.99. The molecule has 33 heavy (non-hydrogen) atoms. The number of aliphatic hydroxyl groups excluding tert-OH is 1. The van der Waals surface area contributed by atoms with E-state index in [2.05, 4.69) is 15.0 Å². The number of rotatable bonds is 12. The van der Waals surface area contributed by atoms with E-state index in [-0.39, 0.29) is 22.9 Å². The van der Waals surface area contributed by atoms with E-state index >= 15 is 0 Å². The smallest absolute Gasteiger partial charge is 0.299 e. The molecule has 0 spiro atoms. The van der Waals surface area contributed by atoms with Gasteiger partial charge in [-0.2, -0.15) is 0 Å². The normalized spacial score (nSPS) is 12.8. The van der Waals surface area contributed by atoms with E-state index in [0.717, 1.165) is 6.42 Å². The van der Waals surface area contributed by atoms with Crippen LogP contribution < -0.4 is 14.8 Å². The summed E-state index contributed by atoms with van der Waals surface area (Å²) in [6.07, 6.45) is 3.13. The maximum Gasteiger partial charge on any atom is 0.299 e. The van der Waals surface area contributed by atoms with Crippen LogP contribution in [0.5, 0.6) is 5.88 Å². The molecule has 0 saturated carbocycles. The quantitative estimate of drug-likeness (QED) is 0.346. The Kier molecular flexibility index (Phi) is 7.85. The second kappa shape index (κ2) is 10.6. The van der Waals surface area contributed by atoms with Crippen LogP contribution in [-0.4, -0.2) is 41.6 Å². The van der Waals surface area contributed by atoms with Crippen LogP contribution in [0.4, 0.5) is 5.69 Å². The van der Waals surface area contributed by atoms with Gasteiger partial charge < -0.3 is 19.7 Å². The molecule has 2 aromatic carbocycles. The van der Waals surface area contributed by atoms with Gasteiger partial charge in [0.15, 0.2) is 0 Å². The Bertz CT molecular complexity index is 1160. The van der Waals surface area contributed by atoms with Crippen molar-refractivity contribution in [3.8, 4) is 5.88 Å². The summed E-state index contributed by atoms with van der Waals surface area (Å²) in [4.78, 5) is 14.5. The Labute approximate surface area is 193 Å². The fourth-order valence-corrected chi connectivity index (χ4v) is 4.25. The average molecular weight is 473 g/mol. The molecule has 3 N–H and O–H groups in total. The highest BCUT2D eigenvalue weighted by atomic mass is 32.2. The number of ether oxygens (including phenoxy) is 1. The Balaban J connectivity index is 1.56. The number of aromatic nitrogens is 2. The Hall–Kier alpha value is -3.21. The summed E-state index contributed by atoms with van der Waals surface area (Å²) in [5.74, 6) is 0.244. The number of anilines is 1. The molecule has 10 heteroatoms. The highest BCUT2D eigenvalue weighted by Gasteiger charge is 2.20. The van der Waals surface area contributed by atoms with Crippen molar-refractivity contribution in [2.75, 3.05) is 11.3 Å². The monoisotopic (exact) mass is 472 g/mol. The van der Waals surface area contributed by atoms with E-state index in [1.165, 1.54) is 12.1 Å². The van der Waals surface area contributed by atoms with Gasteiger partial charge in [-0.05, 0) is 50.1 Å². The van der Waals surface area contributed by atoms with Crippen LogP contribution in [-0.2, 0) is 21.4 Å². The molecule has 0 radical (unpaired) electrons. The molecule has 176 valence electrons. The van der Waals surface area contributed by atoms with Gasteiger partial charge in [-0.15, -0.1) is 0 Å². The number of benzene rings is 2. The molecule has 1 unspecified atom stereocenters. The number of carbonyl (C=O) groups excluding carboxylic acids is 1. The number of aryl methyl sites for hydroxylation is 1. The zero-order chi connectivity index (χ0) is 23.9. The van der Waals surface area contributed by atoms with Crippen molar-refractivity contribution in [3.63, 3.8) is 0 Å². The van der Waals surface area contributed by atoms with E-state index in [4.69, 9.17) is 4.74 Å². The molecule has 3 rings (SSSR count). The van der Waals surface area contributed by atoms with E-state index in [1.807, 2.05) is 18.4 Å². The predicted octanol–water partition coefficient (Wildman–Crippen LogP) is 2.71. The molecule has 0 saturated heterocycles. The van der Waals surface area contributed by atoms with Crippen LogP contribution in [0.2, 0.25) is 0 Å². The summed E-state index contributed by atoms with van der Waals surface area (Å²) in [5.41, 5.74) is 0.670. The Morgan fingerprint density at radius 3 is 2.67 bits per heavy atom. The minimum absolute atomic E-state index is 0.169. The van der Waals surface area contributed by atoms with Gasteiger partial charge in [0.25, 0.3) is 16.5 Å². The van der Waals surface area contributed by atoms with Gasteiger partial charge in [-0.3, -0.25) is 9.52 Å². The van der Waals surface area contributed by atoms with E-state index in [0.29, 0.717) is 24.3 Å². The van der Waals surface area contributed by atoms with Gasteiger partial charge in [-0.1, -0.05) is 30.3 Å². The predicted molar refractivity (Wildman–Crippen MR) is 124 cm³/mol. The fraction of sp³-hybridized carbons (Fsp3) is 0.304. The number of aliphatic hydroxyl groups is 1. The zero-order valence-corrected chi connectivity index (χ0v) is 19.3. The van der Waals surface area contributed by atoms with Gasteiger partial charge in [0.1, 0.15) is 0 Å². The van der Waals surface area contributed by atoms with Crippen molar-refractivity contribution in [1.82, 2.24) is 14.9 Å². The number of nitrogens with zero attached hydrogens (tertiary/aromatic N) is 2. The lowest BCUT2D eigenvalue weighted by molar-refractivity contribution is -0.120. The summed E-state index contributed by atoms with van der Waals surface area (Å²) in [7, 11) is -3.71. The first-order valence-electron chi connectivity index (χ1n) is 10.4. The van der Waals surface area contributed by atoms with E-state index in [1.54, 1.807) is 55.0 Å². The second-order valence-corrected chi connectivity index (χ2v) is 9.92. The first kappa shape index (κ1) is 24.4. The largest absolute Gasteiger partial charge is 0.408 e. The number of β-amino-alcohol motifs (C(OH)–C–C–N with tert-alkyl or cyclic N) is 1. The topological polar surface area (TPSA) is 123 Å². The number of sulfonamides is 1. The Morgan fingerprint density at radius 1 is 1.18 bits per heavy atom. The maximum absolute atomic E-state index is 12.5. The fourth-order valence-electron chi connectivity index (χ4n) is 3.18. The van der Waals surface area contributed by atoms with Crippen LogP contribution >= 0.6 is 0 Å². The lowest BCUT2D eigenvalue weighted by Crippen LogP contribution is -2.42. The van der Waals surface area contributed by atoms with Crippen LogP contribution in [0.1, 0.15) is 31.9 Å². The molecule has 0 aliphatic heterocycles. The average Bonchev–Trinajstić information content (AvgIpc) is 3.25. The van der Waals surface area contributed by atoms with Crippen molar-refractivity contribution in [3.05, 3.63) is 72.7 Å². The first-order chi connectivity index (χ1) is 15.7. The van der Waals surface area contributed by atoms with Crippen LogP contribution in [0.15, 0.2) is 72.0 Å². The summed E-state index contributed by atoms with van der Waals surface area (Å²) in [5, 5.41) is 14.0. The molecule has 0 fully saturated rings. The summed E-state index contributed by atoms with van der Waals surface area (Å²) < 4.78 is 34.2. The molecule has 1 aromatic heterocycles. The molecule has 1 atom stereocenters. The van der Waals surface area contributed by atoms with Crippen molar-refractivity contribution < 1.29 is 23.1 Å². The van der Waals surface area contributed by atoms with Crippen molar-refractivity contribution in [2.24, 2.45) is 0 Å². The van der Waals surface area contributed by atoms with Crippen molar-refractivity contribution in [1.29, 1.82) is 0 Å². The molecular weight excluding hydrogens is 444 g/mol. The van der Waals surface area contributed by atoms with Crippen LogP contribution in [0.25, 0.3) is 0 Å². The number of imidazole rings is 1. The standard InChI is InChI=1S/C23H28N4O5S/c1-23(2,11-12-27-15-22(24-16-27)32-17-28)25-14-21(29)18-7-6-8-19(13-18)26-33(30,31)20-9-4-3-5-10-20/h3-10,13,15-17,21,25-26,29H,11-12,14H2,1-2H3. The maximum atomic E-state index is 12.5. The minimum atomic E-state index is -3.71. The molecule has 0 bridgehead atoms. The van der Waals surface area contributed by atoms with Gasteiger partial charge in [0, 0.05) is 24.3 Å². The van der Waals surface area contributed by atoms with Gasteiger partial charge in [0.05, 0.1) is 23.5 Å². The van der Waals surface area contributed by atoms with Crippen LogP contribution in [0, 0.1) is 0 Å². The van der Waals surface area contributed by atoms with E-state index in [9.17, 15) is 18.3 Å². The van der Waals surface area contributed by atoms with Crippen molar-refractivity contribution >= 4 is 22.2 Å². The SMILES string of the molecule is CC(C)(CCn1cnc(OC=O)c1)NCC(O)c1cccc(NS(=O)(=O)c2ccccc2)c1. The molecule has 1 heterocycles. The minimum Gasteiger partial charge on any atom is -0.408 e. The molecule has 3 aromatic rings. The van der Waals surface area contributed by atoms with Gasteiger partial charge in [0.2, 0.25) is 5.88 Å². The number of carbonyl (C=O) groups is 1. The third kappa shape index (κ3) is 7.14. The zero-order valence-electron chi connectivity index (χ0n) is 18.5. The summed E-state index contributed by atoms with van der Waals surface area (Å²) in [6.45, 7) is 5.29. The Morgan fingerprint density at radius 2 is 1.94 bits per heavy atom. The third-order valence-electron chi connectivity index (χ3n) is 5.12. The molecule has 0 aliphatic carbocycles. The third-order valence-corrected chi connectivity index (χ3v) is 6.52. The van der Waals surface area contributed by atoms with E-state index < -0.39 is 16.1 Å². The molecule has 9 nitrogen and oxygen atoms in total. The van der Waals surface area contributed by atoms with Gasteiger partial charge in [-0.25, -0.2) is 13.4 Å². The molecular formula is C23H28N4O5S. The van der Waals surface area contributed by atoms with Gasteiger partial charge >= 0.3 is 0 Å². The number of hydrogen-bond acceptors (Lipinski definition) is 7. The lowest BCUT2D eigenvalue weighted by Gasteiger charge is -2.28. The highest BCUT2D eigenvalue weighted by Crippen LogP contribution is 2.21. The highest BCUT2D eigenvalue weighted by molar-refractivity contribution is 7.92. The second-order valence-electron chi connectivity index (χ2n) is 8.24. The summed E-state index contributed by atoms with van der Waals surface area (Å²) >= 11 is 0.